The Labute approximate surface area is 86.7 Å². The summed E-state index contributed by atoms with van der Waals surface area (Å²) in [6, 6.07) is 8.78. The molecule has 0 amide bonds. The van der Waals surface area contributed by atoms with E-state index in [9.17, 15) is 0 Å². The first kappa shape index (κ1) is 9.57. The summed E-state index contributed by atoms with van der Waals surface area (Å²) in [5.74, 6) is 0.624. The molecular weight excluding hydrogens is 170 g/mol. The van der Waals surface area contributed by atoms with Gasteiger partial charge in [0.15, 0.2) is 0 Å². The Morgan fingerprint density at radius 1 is 1.29 bits per heavy atom. The molecule has 0 radical (unpaired) electrons. The molecule has 76 valence electrons. The Morgan fingerprint density at radius 3 is 2.57 bits per heavy atom. The molecule has 1 aliphatic heterocycles. The van der Waals surface area contributed by atoms with Gasteiger partial charge in [-0.15, -0.1) is 0 Å². The molecule has 0 aliphatic carbocycles. The zero-order chi connectivity index (χ0) is 10.3. The molecular formula is C13H19N. The molecule has 0 N–H and O–H groups in total. The minimum atomic E-state index is 0.262. The molecule has 1 nitrogen and oxygen atoms in total. The second-order valence-corrected chi connectivity index (χ2v) is 4.68. The van der Waals surface area contributed by atoms with Crippen LogP contribution in [0.5, 0.6) is 0 Å². The molecule has 1 aromatic rings. The van der Waals surface area contributed by atoms with Gasteiger partial charge in [-0.25, -0.2) is 0 Å². The fraction of sp³-hybridized carbons (Fsp3) is 0.538. The number of hydrogen-bond acceptors (Lipinski definition) is 1. The Kier molecular flexibility index (Phi) is 2.06. The molecule has 14 heavy (non-hydrogen) atoms. The number of anilines is 1. The normalized spacial score (nSPS) is 23.7. The van der Waals surface area contributed by atoms with Crippen LogP contribution in [0.2, 0.25) is 0 Å². The Hall–Kier alpha value is -0.980. The Morgan fingerprint density at radius 2 is 1.93 bits per heavy atom. The van der Waals surface area contributed by atoms with Gasteiger partial charge in [-0.2, -0.15) is 0 Å². The van der Waals surface area contributed by atoms with E-state index in [1.54, 1.807) is 0 Å². The number of hydrogen-bond donors (Lipinski definition) is 0. The molecule has 0 fully saturated rings. The van der Waals surface area contributed by atoms with E-state index in [1.807, 2.05) is 0 Å². The lowest BCUT2D eigenvalue weighted by Gasteiger charge is -2.36. The van der Waals surface area contributed by atoms with Gasteiger partial charge in [0.1, 0.15) is 0 Å². The molecule has 0 spiro atoms. The molecule has 1 heterocycles. The third kappa shape index (κ3) is 1.08. The first-order valence-corrected chi connectivity index (χ1v) is 5.45. The third-order valence-corrected chi connectivity index (χ3v) is 3.77. The van der Waals surface area contributed by atoms with Gasteiger partial charge in [-0.3, -0.25) is 0 Å². The minimum Gasteiger partial charge on any atom is -0.366 e. The van der Waals surface area contributed by atoms with Crippen molar-refractivity contribution < 1.29 is 0 Å². The fourth-order valence-electron chi connectivity index (χ4n) is 2.60. The lowest BCUT2D eigenvalue weighted by atomic mass is 9.87. The number of fused-ring (bicyclic) bond motifs is 1. The highest BCUT2D eigenvalue weighted by Crippen LogP contribution is 2.46. The van der Waals surface area contributed by atoms with Crippen LogP contribution in [-0.2, 0) is 0 Å². The zero-order valence-corrected chi connectivity index (χ0v) is 9.54. The standard InChI is InChI=1S/C13H19N/c1-5-14-12-9-7-6-8-11(12)10(2)13(14,3)4/h6-10H,5H2,1-4H3. The molecule has 1 heteroatoms. The van der Waals surface area contributed by atoms with Crippen molar-refractivity contribution >= 4 is 5.69 Å². The summed E-state index contributed by atoms with van der Waals surface area (Å²) in [4.78, 5) is 2.51. The van der Waals surface area contributed by atoms with E-state index in [-0.39, 0.29) is 5.54 Å². The van der Waals surface area contributed by atoms with Crippen LogP contribution in [0.3, 0.4) is 0 Å². The summed E-state index contributed by atoms with van der Waals surface area (Å²) in [6.45, 7) is 10.3. The molecule has 1 aromatic carbocycles. The Bertz CT molecular complexity index is 341. The molecule has 0 aromatic heterocycles. The highest BCUT2D eigenvalue weighted by atomic mass is 15.2. The third-order valence-electron chi connectivity index (χ3n) is 3.77. The molecule has 2 rings (SSSR count). The summed E-state index contributed by atoms with van der Waals surface area (Å²) in [7, 11) is 0. The highest BCUT2D eigenvalue weighted by molar-refractivity contribution is 5.63. The smallest absolute Gasteiger partial charge is 0.0412 e. The topological polar surface area (TPSA) is 3.24 Å². The van der Waals surface area contributed by atoms with Crippen LogP contribution in [0.25, 0.3) is 0 Å². The van der Waals surface area contributed by atoms with Gasteiger partial charge in [0.25, 0.3) is 0 Å². The summed E-state index contributed by atoms with van der Waals surface area (Å²) >= 11 is 0. The van der Waals surface area contributed by atoms with E-state index in [0.717, 1.165) is 6.54 Å². The highest BCUT2D eigenvalue weighted by Gasteiger charge is 2.40. The van der Waals surface area contributed by atoms with E-state index in [1.165, 1.54) is 11.3 Å². The van der Waals surface area contributed by atoms with Crippen molar-refractivity contribution in [2.24, 2.45) is 0 Å². The summed E-state index contributed by atoms with van der Waals surface area (Å²) < 4.78 is 0. The number of rotatable bonds is 1. The summed E-state index contributed by atoms with van der Waals surface area (Å²) in [5, 5.41) is 0. The van der Waals surface area contributed by atoms with Crippen molar-refractivity contribution in [2.45, 2.75) is 39.2 Å². The zero-order valence-electron chi connectivity index (χ0n) is 9.54. The van der Waals surface area contributed by atoms with Gasteiger partial charge in [0.2, 0.25) is 0 Å². The largest absolute Gasteiger partial charge is 0.366 e. The second kappa shape index (κ2) is 3.01. The predicted octanol–water partition coefficient (Wildman–Crippen LogP) is 3.41. The minimum absolute atomic E-state index is 0.262. The predicted molar refractivity (Wildman–Crippen MR) is 62.0 cm³/mol. The average molecular weight is 189 g/mol. The van der Waals surface area contributed by atoms with E-state index in [2.05, 4.69) is 56.9 Å². The van der Waals surface area contributed by atoms with E-state index in [4.69, 9.17) is 0 Å². The molecule has 1 unspecified atom stereocenters. The van der Waals surface area contributed by atoms with Gasteiger partial charge in [0.05, 0.1) is 0 Å². The van der Waals surface area contributed by atoms with Gasteiger partial charge in [-0.1, -0.05) is 25.1 Å². The average Bonchev–Trinajstić information content (AvgIpc) is 2.36. The SMILES string of the molecule is CCN1c2ccccc2C(C)C1(C)C. The summed E-state index contributed by atoms with van der Waals surface area (Å²) in [5.41, 5.74) is 3.19. The first-order valence-electron chi connectivity index (χ1n) is 5.45. The van der Waals surface area contributed by atoms with Crippen molar-refractivity contribution in [3.63, 3.8) is 0 Å². The maximum absolute atomic E-state index is 2.51. The quantitative estimate of drug-likeness (QED) is 0.654. The number of benzene rings is 1. The first-order chi connectivity index (χ1) is 6.59. The molecule has 0 saturated heterocycles. The molecule has 0 saturated carbocycles. The second-order valence-electron chi connectivity index (χ2n) is 4.68. The molecule has 1 aliphatic rings. The number of para-hydroxylation sites is 1. The van der Waals surface area contributed by atoms with E-state index in [0.29, 0.717) is 5.92 Å². The number of likely N-dealkylation sites (N-methyl/N-ethyl adjacent to an activating group) is 1. The summed E-state index contributed by atoms with van der Waals surface area (Å²) in [6.07, 6.45) is 0. The molecule has 0 bridgehead atoms. The monoisotopic (exact) mass is 189 g/mol. The fourth-order valence-corrected chi connectivity index (χ4v) is 2.60. The maximum Gasteiger partial charge on any atom is 0.0412 e. The van der Waals surface area contributed by atoms with Gasteiger partial charge < -0.3 is 4.90 Å². The van der Waals surface area contributed by atoms with Gasteiger partial charge >= 0.3 is 0 Å². The van der Waals surface area contributed by atoms with Gasteiger partial charge in [-0.05, 0) is 32.4 Å². The Balaban J connectivity index is 2.55. The van der Waals surface area contributed by atoms with Crippen LogP contribution in [0.4, 0.5) is 5.69 Å². The lowest BCUT2D eigenvalue weighted by Crippen LogP contribution is -2.42. The van der Waals surface area contributed by atoms with Crippen molar-refractivity contribution in [3.8, 4) is 0 Å². The van der Waals surface area contributed by atoms with Crippen molar-refractivity contribution in [2.75, 3.05) is 11.4 Å². The molecule has 1 atom stereocenters. The van der Waals surface area contributed by atoms with Crippen LogP contribution in [-0.4, -0.2) is 12.1 Å². The van der Waals surface area contributed by atoms with Crippen molar-refractivity contribution in [1.29, 1.82) is 0 Å². The van der Waals surface area contributed by atoms with Crippen LogP contribution in [0.15, 0.2) is 24.3 Å². The van der Waals surface area contributed by atoms with Crippen molar-refractivity contribution in [1.82, 2.24) is 0 Å². The maximum atomic E-state index is 2.51. The van der Waals surface area contributed by atoms with Crippen LogP contribution < -0.4 is 4.90 Å². The van der Waals surface area contributed by atoms with E-state index >= 15 is 0 Å². The van der Waals surface area contributed by atoms with Gasteiger partial charge in [0, 0.05) is 23.7 Å². The van der Waals surface area contributed by atoms with Crippen LogP contribution in [0, 0.1) is 0 Å². The van der Waals surface area contributed by atoms with Crippen LogP contribution in [0.1, 0.15) is 39.2 Å². The number of nitrogens with zero attached hydrogens (tertiary/aromatic N) is 1. The van der Waals surface area contributed by atoms with Crippen LogP contribution >= 0.6 is 0 Å². The lowest BCUT2D eigenvalue weighted by molar-refractivity contribution is 0.429. The van der Waals surface area contributed by atoms with Crippen molar-refractivity contribution in [3.05, 3.63) is 29.8 Å². The van der Waals surface area contributed by atoms with E-state index < -0.39 is 0 Å².